The van der Waals surface area contributed by atoms with Crippen LogP contribution >= 0.6 is 0 Å². The zero-order valence-electron chi connectivity index (χ0n) is 19.0. The van der Waals surface area contributed by atoms with Crippen molar-refractivity contribution in [2.24, 2.45) is 23.2 Å². The van der Waals surface area contributed by atoms with Crippen molar-refractivity contribution in [2.75, 3.05) is 26.2 Å². The van der Waals surface area contributed by atoms with Crippen LogP contribution in [0.4, 0.5) is 4.79 Å². The molecule has 0 aliphatic carbocycles. The van der Waals surface area contributed by atoms with E-state index in [0.717, 1.165) is 45.2 Å². The van der Waals surface area contributed by atoms with Gasteiger partial charge in [0.05, 0.1) is 0 Å². The van der Waals surface area contributed by atoms with Gasteiger partial charge in [-0.3, -0.25) is 4.79 Å². The molecule has 2 aliphatic rings. The molecular weight excluding hydrogens is 352 g/mol. The third-order valence-corrected chi connectivity index (χ3v) is 6.25. The van der Waals surface area contributed by atoms with Gasteiger partial charge in [-0.2, -0.15) is 0 Å². The van der Waals surface area contributed by atoms with Gasteiger partial charge in [0.25, 0.3) is 0 Å². The normalized spacial score (nSPS) is 25.7. The minimum absolute atomic E-state index is 0.130. The highest BCUT2D eigenvalue weighted by atomic mass is 16.6. The number of ketones is 1. The zero-order chi connectivity index (χ0) is 20.9. The lowest BCUT2D eigenvalue weighted by atomic mass is 9.68. The van der Waals surface area contributed by atoms with Crippen LogP contribution < -0.4 is 5.32 Å². The van der Waals surface area contributed by atoms with Crippen LogP contribution in [0.3, 0.4) is 0 Å². The molecule has 2 heterocycles. The molecule has 0 aromatic rings. The largest absolute Gasteiger partial charge is 0.444 e. The van der Waals surface area contributed by atoms with Gasteiger partial charge in [0.15, 0.2) is 0 Å². The lowest BCUT2D eigenvalue weighted by Crippen LogP contribution is -2.44. The fourth-order valence-electron chi connectivity index (χ4n) is 4.59. The predicted molar refractivity (Wildman–Crippen MR) is 113 cm³/mol. The van der Waals surface area contributed by atoms with Crippen molar-refractivity contribution in [3.63, 3.8) is 0 Å². The molecule has 2 rings (SSSR count). The highest BCUT2D eigenvalue weighted by molar-refractivity contribution is 5.81. The SMILES string of the molecule is CC(C)(C)OC(=O)N1CCC(CC(=O)[C@H]2CCCCNC[C@@H]2C(C)(C)C)CC1. The Kier molecular flexibility index (Phi) is 7.95. The molecule has 0 saturated carbocycles. The molecule has 2 atom stereocenters. The molecule has 5 nitrogen and oxygen atoms in total. The van der Waals surface area contributed by atoms with Crippen molar-refractivity contribution < 1.29 is 14.3 Å². The van der Waals surface area contributed by atoms with Gasteiger partial charge in [0.2, 0.25) is 0 Å². The van der Waals surface area contributed by atoms with Crippen LogP contribution in [0.25, 0.3) is 0 Å². The molecule has 0 unspecified atom stereocenters. The molecule has 5 heteroatoms. The Morgan fingerprint density at radius 1 is 1.00 bits per heavy atom. The highest BCUT2D eigenvalue weighted by Gasteiger charge is 2.37. The maximum Gasteiger partial charge on any atom is 0.410 e. The number of rotatable bonds is 3. The summed E-state index contributed by atoms with van der Waals surface area (Å²) in [5.41, 5.74) is -0.331. The van der Waals surface area contributed by atoms with Crippen molar-refractivity contribution in [1.29, 1.82) is 0 Å². The monoisotopic (exact) mass is 394 g/mol. The van der Waals surface area contributed by atoms with Crippen LogP contribution in [0, 0.1) is 23.2 Å². The number of likely N-dealkylation sites (tertiary alicyclic amines) is 1. The van der Waals surface area contributed by atoms with E-state index in [9.17, 15) is 9.59 Å². The molecule has 0 spiro atoms. The first-order chi connectivity index (χ1) is 13.0. The summed E-state index contributed by atoms with van der Waals surface area (Å²) in [6.45, 7) is 15.9. The van der Waals surface area contributed by atoms with E-state index in [1.165, 1.54) is 0 Å². The van der Waals surface area contributed by atoms with Crippen LogP contribution in [0.15, 0.2) is 0 Å². The van der Waals surface area contributed by atoms with E-state index in [4.69, 9.17) is 4.74 Å². The summed E-state index contributed by atoms with van der Waals surface area (Å²) in [7, 11) is 0. The molecule has 0 aromatic heterocycles. The molecule has 1 amide bonds. The number of ether oxygens (including phenoxy) is 1. The maximum absolute atomic E-state index is 13.3. The molecule has 0 bridgehead atoms. The van der Waals surface area contributed by atoms with E-state index < -0.39 is 5.60 Å². The number of hydrogen-bond acceptors (Lipinski definition) is 4. The predicted octanol–water partition coefficient (Wildman–Crippen LogP) is 4.64. The first-order valence-corrected chi connectivity index (χ1v) is 11.2. The van der Waals surface area contributed by atoms with Gasteiger partial charge in [-0.15, -0.1) is 0 Å². The molecular formula is C23H42N2O3. The Bertz CT molecular complexity index is 525. The van der Waals surface area contributed by atoms with Crippen molar-refractivity contribution in [2.45, 2.75) is 85.7 Å². The maximum atomic E-state index is 13.3. The molecule has 1 N–H and O–H groups in total. The lowest BCUT2D eigenvalue weighted by Gasteiger charge is -2.39. The van der Waals surface area contributed by atoms with E-state index >= 15 is 0 Å². The van der Waals surface area contributed by atoms with Gasteiger partial charge in [-0.1, -0.05) is 27.2 Å². The van der Waals surface area contributed by atoms with Crippen LogP contribution in [0.5, 0.6) is 0 Å². The Hall–Kier alpha value is -1.10. The summed E-state index contributed by atoms with van der Waals surface area (Å²) >= 11 is 0. The Morgan fingerprint density at radius 2 is 1.64 bits per heavy atom. The average molecular weight is 395 g/mol. The Morgan fingerprint density at radius 3 is 2.21 bits per heavy atom. The van der Waals surface area contributed by atoms with Gasteiger partial charge < -0.3 is 15.0 Å². The summed E-state index contributed by atoms with van der Waals surface area (Å²) in [6, 6.07) is 0. The van der Waals surface area contributed by atoms with Crippen molar-refractivity contribution >= 4 is 11.9 Å². The summed E-state index contributed by atoms with van der Waals surface area (Å²) in [4.78, 5) is 27.3. The third kappa shape index (κ3) is 7.06. The van der Waals surface area contributed by atoms with E-state index in [-0.39, 0.29) is 17.4 Å². The molecule has 2 aliphatic heterocycles. The molecule has 2 saturated heterocycles. The van der Waals surface area contributed by atoms with Gasteiger partial charge in [0, 0.05) is 25.4 Å². The smallest absolute Gasteiger partial charge is 0.410 e. The van der Waals surface area contributed by atoms with Gasteiger partial charge >= 0.3 is 6.09 Å². The molecule has 0 radical (unpaired) electrons. The number of carbonyl (C=O) groups is 2. The second-order valence-corrected chi connectivity index (χ2v) is 10.9. The Balaban J connectivity index is 1.90. The topological polar surface area (TPSA) is 58.6 Å². The number of carbonyl (C=O) groups excluding carboxylic acids is 2. The summed E-state index contributed by atoms with van der Waals surface area (Å²) < 4.78 is 5.48. The van der Waals surface area contributed by atoms with Crippen LogP contribution in [0.2, 0.25) is 0 Å². The fourth-order valence-corrected chi connectivity index (χ4v) is 4.59. The van der Waals surface area contributed by atoms with Gasteiger partial charge in [-0.25, -0.2) is 4.79 Å². The zero-order valence-corrected chi connectivity index (χ0v) is 19.0. The van der Waals surface area contributed by atoms with Gasteiger partial charge in [-0.05, 0) is 76.8 Å². The fraction of sp³-hybridized carbons (Fsp3) is 0.913. The van der Waals surface area contributed by atoms with E-state index in [1.807, 2.05) is 20.8 Å². The average Bonchev–Trinajstić information content (AvgIpc) is 2.52. The summed E-state index contributed by atoms with van der Waals surface area (Å²) in [6.07, 6.45) is 5.56. The summed E-state index contributed by atoms with van der Waals surface area (Å²) in [5.74, 6) is 1.39. The van der Waals surface area contributed by atoms with Crippen molar-refractivity contribution in [1.82, 2.24) is 10.2 Å². The molecule has 28 heavy (non-hydrogen) atoms. The Labute approximate surface area is 172 Å². The van der Waals surface area contributed by atoms with E-state index in [0.29, 0.717) is 37.1 Å². The quantitative estimate of drug-likeness (QED) is 0.757. The van der Waals surface area contributed by atoms with Gasteiger partial charge in [0.1, 0.15) is 11.4 Å². The number of nitrogens with one attached hydrogen (secondary N) is 1. The van der Waals surface area contributed by atoms with Crippen molar-refractivity contribution in [3.8, 4) is 0 Å². The minimum Gasteiger partial charge on any atom is -0.444 e. The van der Waals surface area contributed by atoms with Crippen LogP contribution in [-0.4, -0.2) is 48.6 Å². The first kappa shape index (κ1) is 23.2. The number of nitrogens with zero attached hydrogens (tertiary/aromatic N) is 1. The number of piperidine rings is 1. The third-order valence-electron chi connectivity index (χ3n) is 6.25. The molecule has 0 aromatic carbocycles. The second-order valence-electron chi connectivity index (χ2n) is 10.9. The first-order valence-electron chi connectivity index (χ1n) is 11.2. The summed E-state index contributed by atoms with van der Waals surface area (Å²) in [5, 5.41) is 3.56. The molecule has 2 fully saturated rings. The van der Waals surface area contributed by atoms with Crippen LogP contribution in [-0.2, 0) is 9.53 Å². The molecule has 162 valence electrons. The standard InChI is InChI=1S/C23H42N2O3/c1-22(2,3)19-16-24-12-8-7-9-18(19)20(26)15-17-10-13-25(14-11-17)21(27)28-23(4,5)6/h17-19,24H,7-16H2,1-6H3/t18-,19-/m0/s1. The van der Waals surface area contributed by atoms with E-state index in [1.54, 1.807) is 4.90 Å². The van der Waals surface area contributed by atoms with E-state index in [2.05, 4.69) is 26.1 Å². The number of Topliss-reactive ketones (excluding diaryl/α,β-unsaturated/α-hetero) is 1. The number of amides is 1. The minimum atomic E-state index is -0.460. The van der Waals surface area contributed by atoms with Crippen molar-refractivity contribution in [3.05, 3.63) is 0 Å². The number of hydrogen-bond donors (Lipinski definition) is 1. The lowest BCUT2D eigenvalue weighted by molar-refractivity contribution is -0.127. The highest BCUT2D eigenvalue weighted by Crippen LogP contribution is 2.37. The second kappa shape index (κ2) is 9.60. The van der Waals surface area contributed by atoms with Crippen LogP contribution in [0.1, 0.15) is 80.1 Å².